The molecule has 0 atom stereocenters. The van der Waals surface area contributed by atoms with Crippen LogP contribution in [0.5, 0.6) is 0 Å². The molecule has 6 heteroatoms. The fourth-order valence-electron chi connectivity index (χ4n) is 1.52. The number of anilines is 1. The Labute approximate surface area is 119 Å². The van der Waals surface area contributed by atoms with E-state index in [1.165, 1.54) is 0 Å². The van der Waals surface area contributed by atoms with Crippen LogP contribution in [0.2, 0.25) is 0 Å². The van der Waals surface area contributed by atoms with E-state index in [1.54, 1.807) is 18.3 Å². The highest BCUT2D eigenvalue weighted by Crippen LogP contribution is 2.10. The van der Waals surface area contributed by atoms with Crippen LogP contribution < -0.4 is 16.4 Å². The van der Waals surface area contributed by atoms with Crippen LogP contribution in [-0.2, 0) is 4.79 Å². The quantitative estimate of drug-likeness (QED) is 0.711. The number of hydrogen-bond acceptors (Lipinski definition) is 4. The Morgan fingerprint density at radius 1 is 1.47 bits per heavy atom. The molecule has 4 N–H and O–H groups in total. The van der Waals surface area contributed by atoms with E-state index in [9.17, 15) is 4.79 Å². The maximum atomic E-state index is 11.6. The SMILES string of the molecule is CC(C)(C)NC(=O)CCNc1ncccc1C(N)=S. The first-order valence-corrected chi connectivity index (χ1v) is 6.50. The van der Waals surface area contributed by atoms with Gasteiger partial charge in [-0.1, -0.05) is 12.2 Å². The van der Waals surface area contributed by atoms with Crippen molar-refractivity contribution < 1.29 is 4.79 Å². The maximum Gasteiger partial charge on any atom is 0.222 e. The second-order valence-electron chi connectivity index (χ2n) is 5.24. The van der Waals surface area contributed by atoms with Gasteiger partial charge < -0.3 is 16.4 Å². The molecule has 0 aliphatic heterocycles. The minimum atomic E-state index is -0.216. The van der Waals surface area contributed by atoms with Gasteiger partial charge in [-0.25, -0.2) is 4.98 Å². The van der Waals surface area contributed by atoms with Crippen molar-refractivity contribution in [3.63, 3.8) is 0 Å². The fraction of sp³-hybridized carbons (Fsp3) is 0.462. The molecule has 0 radical (unpaired) electrons. The predicted molar refractivity (Wildman–Crippen MR) is 81.1 cm³/mol. The number of carbonyl (C=O) groups excluding carboxylic acids is 1. The number of hydrogen-bond donors (Lipinski definition) is 3. The molecule has 0 fully saturated rings. The summed E-state index contributed by atoms with van der Waals surface area (Å²) in [6.07, 6.45) is 2.02. The lowest BCUT2D eigenvalue weighted by atomic mass is 10.1. The van der Waals surface area contributed by atoms with Crippen molar-refractivity contribution in [1.82, 2.24) is 10.3 Å². The molecule has 0 saturated carbocycles. The number of pyridine rings is 1. The van der Waals surface area contributed by atoms with Gasteiger partial charge in [0.05, 0.1) is 5.56 Å². The third kappa shape index (κ3) is 5.65. The predicted octanol–water partition coefficient (Wildman–Crippen LogP) is 1.43. The van der Waals surface area contributed by atoms with Crippen LogP contribution in [0, 0.1) is 0 Å². The van der Waals surface area contributed by atoms with Crippen molar-refractivity contribution in [2.75, 3.05) is 11.9 Å². The molecule has 1 amide bonds. The highest BCUT2D eigenvalue weighted by Gasteiger charge is 2.13. The van der Waals surface area contributed by atoms with E-state index in [0.29, 0.717) is 24.3 Å². The van der Waals surface area contributed by atoms with Gasteiger partial charge in [-0.2, -0.15) is 0 Å². The summed E-state index contributed by atoms with van der Waals surface area (Å²) in [6, 6.07) is 3.57. The van der Waals surface area contributed by atoms with Gasteiger partial charge in [0.2, 0.25) is 5.91 Å². The molecule has 0 bridgehead atoms. The standard InChI is InChI=1S/C13H20N4OS/c1-13(2,3)17-10(18)6-8-16-12-9(11(14)19)5-4-7-15-12/h4-5,7H,6,8H2,1-3H3,(H2,14,19)(H,15,16)(H,17,18). The zero-order valence-electron chi connectivity index (χ0n) is 11.5. The van der Waals surface area contributed by atoms with Crippen LogP contribution in [0.25, 0.3) is 0 Å². The zero-order valence-corrected chi connectivity index (χ0v) is 12.3. The van der Waals surface area contributed by atoms with Crippen LogP contribution in [0.4, 0.5) is 5.82 Å². The smallest absolute Gasteiger partial charge is 0.222 e. The largest absolute Gasteiger partial charge is 0.389 e. The Morgan fingerprint density at radius 2 is 2.16 bits per heavy atom. The monoisotopic (exact) mass is 280 g/mol. The normalized spacial score (nSPS) is 10.9. The average Bonchev–Trinajstić information content (AvgIpc) is 2.27. The summed E-state index contributed by atoms with van der Waals surface area (Å²) in [7, 11) is 0. The second kappa shape index (κ2) is 6.47. The molecule has 5 nitrogen and oxygen atoms in total. The van der Waals surface area contributed by atoms with Gasteiger partial charge in [-0.15, -0.1) is 0 Å². The molecule has 0 aliphatic carbocycles. The highest BCUT2D eigenvalue weighted by atomic mass is 32.1. The minimum absolute atomic E-state index is 0.00666. The summed E-state index contributed by atoms with van der Waals surface area (Å²) in [5.74, 6) is 0.603. The zero-order chi connectivity index (χ0) is 14.5. The van der Waals surface area contributed by atoms with Crippen LogP contribution >= 0.6 is 12.2 Å². The molecule has 0 aromatic carbocycles. The molecule has 0 spiro atoms. The topological polar surface area (TPSA) is 80.0 Å². The maximum absolute atomic E-state index is 11.6. The van der Waals surface area contributed by atoms with E-state index < -0.39 is 0 Å². The number of aromatic nitrogens is 1. The molecule has 0 unspecified atom stereocenters. The van der Waals surface area contributed by atoms with E-state index in [-0.39, 0.29) is 16.4 Å². The van der Waals surface area contributed by atoms with Gasteiger partial charge >= 0.3 is 0 Å². The summed E-state index contributed by atoms with van der Waals surface area (Å²) in [5.41, 5.74) is 6.07. The molecule has 0 aliphatic rings. The highest BCUT2D eigenvalue weighted by molar-refractivity contribution is 7.80. The number of nitrogens with one attached hydrogen (secondary N) is 2. The van der Waals surface area contributed by atoms with Crippen LogP contribution in [0.1, 0.15) is 32.8 Å². The van der Waals surface area contributed by atoms with Crippen molar-refractivity contribution in [3.05, 3.63) is 23.9 Å². The number of nitrogens with zero attached hydrogens (tertiary/aromatic N) is 1. The van der Waals surface area contributed by atoms with E-state index in [4.69, 9.17) is 18.0 Å². The first-order chi connectivity index (χ1) is 8.79. The van der Waals surface area contributed by atoms with E-state index in [0.717, 1.165) is 0 Å². The van der Waals surface area contributed by atoms with Crippen molar-refractivity contribution in [2.24, 2.45) is 5.73 Å². The first kappa shape index (κ1) is 15.4. The number of rotatable bonds is 5. The minimum Gasteiger partial charge on any atom is -0.389 e. The lowest BCUT2D eigenvalue weighted by molar-refractivity contribution is -0.122. The van der Waals surface area contributed by atoms with E-state index in [2.05, 4.69) is 15.6 Å². The number of amides is 1. The van der Waals surface area contributed by atoms with Gasteiger partial charge in [-0.3, -0.25) is 4.79 Å². The summed E-state index contributed by atoms with van der Waals surface area (Å²) >= 11 is 4.94. The van der Waals surface area contributed by atoms with Gasteiger partial charge in [0.1, 0.15) is 10.8 Å². The van der Waals surface area contributed by atoms with Crippen molar-refractivity contribution in [2.45, 2.75) is 32.7 Å². The number of thiocarbonyl (C=S) groups is 1. The van der Waals surface area contributed by atoms with Gasteiger partial charge in [0.25, 0.3) is 0 Å². The van der Waals surface area contributed by atoms with Crippen LogP contribution in [-0.4, -0.2) is 28.0 Å². The van der Waals surface area contributed by atoms with Gasteiger partial charge in [0.15, 0.2) is 0 Å². The summed E-state index contributed by atoms with van der Waals surface area (Å²) in [5, 5.41) is 5.96. The lowest BCUT2D eigenvalue weighted by Gasteiger charge is -2.20. The fourth-order valence-corrected chi connectivity index (χ4v) is 1.68. The average molecular weight is 280 g/mol. The molecule has 0 saturated heterocycles. The molecule has 1 heterocycles. The van der Waals surface area contributed by atoms with Gasteiger partial charge in [-0.05, 0) is 32.9 Å². The van der Waals surface area contributed by atoms with Crippen molar-refractivity contribution >= 4 is 28.9 Å². The molecule has 1 rings (SSSR count). The third-order valence-corrected chi connectivity index (χ3v) is 2.45. The molecule has 1 aromatic heterocycles. The molecular formula is C13H20N4OS. The molecule has 1 aromatic rings. The van der Waals surface area contributed by atoms with Gasteiger partial charge in [0, 0.05) is 24.7 Å². The Hall–Kier alpha value is -1.69. The Morgan fingerprint density at radius 3 is 2.74 bits per heavy atom. The summed E-state index contributed by atoms with van der Waals surface area (Å²) in [6.45, 7) is 6.32. The first-order valence-electron chi connectivity index (χ1n) is 6.09. The Balaban J connectivity index is 2.50. The summed E-state index contributed by atoms with van der Waals surface area (Å²) in [4.78, 5) is 16.1. The Bertz CT molecular complexity index is 468. The molecule has 19 heavy (non-hydrogen) atoms. The second-order valence-corrected chi connectivity index (χ2v) is 5.68. The van der Waals surface area contributed by atoms with Crippen molar-refractivity contribution in [1.29, 1.82) is 0 Å². The number of carbonyl (C=O) groups is 1. The van der Waals surface area contributed by atoms with E-state index in [1.807, 2.05) is 20.8 Å². The van der Waals surface area contributed by atoms with Crippen LogP contribution in [0.15, 0.2) is 18.3 Å². The number of nitrogens with two attached hydrogens (primary N) is 1. The molecule has 104 valence electrons. The van der Waals surface area contributed by atoms with Crippen LogP contribution in [0.3, 0.4) is 0 Å². The lowest BCUT2D eigenvalue weighted by Crippen LogP contribution is -2.41. The Kier molecular flexibility index (Phi) is 5.23. The third-order valence-electron chi connectivity index (χ3n) is 2.23. The van der Waals surface area contributed by atoms with E-state index >= 15 is 0 Å². The van der Waals surface area contributed by atoms with Crippen molar-refractivity contribution in [3.8, 4) is 0 Å². The molecular weight excluding hydrogens is 260 g/mol. The summed E-state index contributed by atoms with van der Waals surface area (Å²) < 4.78 is 0.